The van der Waals surface area contributed by atoms with Gasteiger partial charge in [0.1, 0.15) is 0 Å². The minimum Gasteiger partial charge on any atom is -0.276 e. The molecule has 2 rings (SSSR count). The molecule has 0 aliphatic carbocycles. The van der Waals surface area contributed by atoms with Gasteiger partial charge in [-0.15, -0.1) is 5.43 Å². The first-order valence-electron chi connectivity index (χ1n) is 3.05. The van der Waals surface area contributed by atoms with Crippen molar-refractivity contribution in [2.24, 2.45) is 4.99 Å². The van der Waals surface area contributed by atoms with Crippen LogP contribution >= 0.6 is 0 Å². The number of nitrogens with one attached hydrogen (secondary N) is 1. The predicted molar refractivity (Wildman–Crippen MR) is 38.9 cm³/mol. The van der Waals surface area contributed by atoms with Crippen LogP contribution in [-0.2, 0) is 12.4 Å². The number of hydrogen-bond acceptors (Lipinski definition) is 3. The minimum atomic E-state index is 0.735. The molecule has 0 unspecified atom stereocenters. The fraction of sp³-hybridized carbons (Fsp3) is 0.400. The molecule has 52 valence electrons. The zero-order chi connectivity index (χ0) is 6.97. The Morgan fingerprint density at radius 3 is 3.50 bits per heavy atom. The Labute approximate surface area is 64.0 Å². The van der Waals surface area contributed by atoms with E-state index in [0.29, 0.717) is 0 Å². The van der Waals surface area contributed by atoms with E-state index in [1.807, 2.05) is 6.08 Å². The Hall–Kier alpha value is -0.970. The zero-order valence-electron chi connectivity index (χ0n) is 5.32. The fourth-order valence-electron chi connectivity index (χ4n) is 0.992. The Bertz CT molecular complexity index is 232. The maximum atomic E-state index is 4.89. The Morgan fingerprint density at radius 1 is 1.80 bits per heavy atom. The molecule has 1 fully saturated rings. The van der Waals surface area contributed by atoms with Crippen LogP contribution in [0.15, 0.2) is 17.3 Å². The molecule has 0 amide bonds. The van der Waals surface area contributed by atoms with Crippen molar-refractivity contribution in [3.63, 3.8) is 0 Å². The van der Waals surface area contributed by atoms with E-state index < -0.39 is 0 Å². The van der Waals surface area contributed by atoms with Crippen LogP contribution in [0.3, 0.4) is 0 Å². The summed E-state index contributed by atoms with van der Waals surface area (Å²) in [5, 5.41) is 0. The molecule has 0 saturated carbocycles. The third kappa shape index (κ3) is 0.786. The van der Waals surface area contributed by atoms with Crippen LogP contribution in [0.1, 0.15) is 0 Å². The molecule has 2 aliphatic heterocycles. The Balaban J connectivity index is 2.26. The van der Waals surface area contributed by atoms with Crippen molar-refractivity contribution in [2.75, 3.05) is 13.2 Å². The van der Waals surface area contributed by atoms with E-state index in [4.69, 9.17) is 12.4 Å². The van der Waals surface area contributed by atoms with Gasteiger partial charge in [-0.1, -0.05) is 0 Å². The highest BCUT2D eigenvalue weighted by molar-refractivity contribution is 7.44. The molecule has 0 spiro atoms. The van der Waals surface area contributed by atoms with Crippen LogP contribution < -0.4 is 5.43 Å². The van der Waals surface area contributed by atoms with Crippen molar-refractivity contribution >= 4 is 18.4 Å². The van der Waals surface area contributed by atoms with E-state index in [1.54, 1.807) is 10.3 Å². The molecule has 5 heteroatoms. The molecule has 1 N–H and O–H groups in total. The smallest absolute Gasteiger partial charge is 0.276 e. The Kier molecular flexibility index (Phi) is 1.17. The van der Waals surface area contributed by atoms with E-state index in [9.17, 15) is 0 Å². The average Bonchev–Trinajstić information content (AvgIpc) is 2.27. The molecule has 1 saturated heterocycles. The van der Waals surface area contributed by atoms with Crippen molar-refractivity contribution in [1.29, 1.82) is 0 Å². The number of fused-ring (bicyclic) bond motifs is 1. The number of guanidine groups is 1. The van der Waals surface area contributed by atoms with Gasteiger partial charge in [0.25, 0.3) is 25.1 Å². The van der Waals surface area contributed by atoms with Gasteiger partial charge in [-0.05, 0) is 10.1 Å². The van der Waals surface area contributed by atoms with E-state index in [1.165, 1.54) is 0 Å². The molecule has 0 atom stereocenters. The third-order valence-corrected chi connectivity index (χ3v) is 1.66. The lowest BCUT2D eigenvalue weighted by Crippen LogP contribution is -2.31. The summed E-state index contributed by atoms with van der Waals surface area (Å²) in [6.45, 7) is 1.64. The monoisotopic (exact) mass is 155 g/mol. The van der Waals surface area contributed by atoms with Gasteiger partial charge in [0.2, 0.25) is 0 Å². The lowest BCUT2D eigenvalue weighted by Gasteiger charge is -2.10. The standard InChI is InChI=1S/C5H7N4S/c10-9-4-8-3-1-2-6-5(8)7-9/h1-2H,3-4H2,(H,6,7,10)/q+1. The largest absolute Gasteiger partial charge is 0.299 e. The lowest BCUT2D eigenvalue weighted by molar-refractivity contribution is -0.537. The number of hydrazine groups is 1. The maximum absolute atomic E-state index is 4.89. The minimum absolute atomic E-state index is 0.735. The van der Waals surface area contributed by atoms with Gasteiger partial charge in [-0.25, -0.2) is 4.99 Å². The van der Waals surface area contributed by atoms with E-state index in [-0.39, 0.29) is 0 Å². The molecule has 4 nitrogen and oxygen atoms in total. The maximum Gasteiger partial charge on any atom is 0.299 e. The topological polar surface area (TPSA) is 30.6 Å². The van der Waals surface area contributed by atoms with Crippen molar-refractivity contribution in [3.8, 4) is 0 Å². The molecular formula is C5H7N4S+. The first-order chi connectivity index (χ1) is 4.86. The summed E-state index contributed by atoms with van der Waals surface area (Å²) >= 11 is 4.89. The van der Waals surface area contributed by atoms with Crippen molar-refractivity contribution < 1.29 is 4.05 Å². The highest BCUT2D eigenvalue weighted by atomic mass is 32.1. The molecule has 10 heavy (non-hydrogen) atoms. The van der Waals surface area contributed by atoms with Gasteiger partial charge >= 0.3 is 0 Å². The second kappa shape index (κ2) is 2.02. The second-order valence-electron chi connectivity index (χ2n) is 2.19. The Morgan fingerprint density at radius 2 is 2.70 bits per heavy atom. The van der Waals surface area contributed by atoms with Gasteiger partial charge < -0.3 is 0 Å². The first-order valence-corrected chi connectivity index (χ1v) is 3.42. The van der Waals surface area contributed by atoms with Gasteiger partial charge in [-0.3, -0.25) is 4.90 Å². The highest BCUT2D eigenvalue weighted by Gasteiger charge is 2.28. The first kappa shape index (κ1) is 5.79. The SMILES string of the molecule is S=[N+]1CN2CC=CN=C2N1. The van der Waals surface area contributed by atoms with Crippen LogP contribution in [0.25, 0.3) is 0 Å². The van der Waals surface area contributed by atoms with Crippen molar-refractivity contribution in [3.05, 3.63) is 12.3 Å². The van der Waals surface area contributed by atoms with Crippen LogP contribution in [0.5, 0.6) is 0 Å². The van der Waals surface area contributed by atoms with Gasteiger partial charge in [-0.2, -0.15) is 0 Å². The summed E-state index contributed by atoms with van der Waals surface area (Å²) in [6, 6.07) is 0. The molecule has 0 radical (unpaired) electrons. The van der Waals surface area contributed by atoms with Crippen LogP contribution in [0, 0.1) is 0 Å². The van der Waals surface area contributed by atoms with Crippen molar-refractivity contribution in [2.45, 2.75) is 0 Å². The van der Waals surface area contributed by atoms with Crippen LogP contribution in [-0.4, -0.2) is 28.1 Å². The summed E-state index contributed by atoms with van der Waals surface area (Å²) in [7, 11) is 0. The highest BCUT2D eigenvalue weighted by Crippen LogP contribution is 2.02. The van der Waals surface area contributed by atoms with Crippen LogP contribution in [0.4, 0.5) is 0 Å². The van der Waals surface area contributed by atoms with Crippen LogP contribution in [0.2, 0.25) is 0 Å². The fourth-order valence-corrected chi connectivity index (χ4v) is 1.21. The van der Waals surface area contributed by atoms with E-state index in [2.05, 4.69) is 15.3 Å². The second-order valence-corrected chi connectivity index (χ2v) is 2.63. The van der Waals surface area contributed by atoms with Gasteiger partial charge in [0.05, 0.1) is 0 Å². The number of hydrogen-bond donors (Lipinski definition) is 1. The summed E-state index contributed by atoms with van der Waals surface area (Å²) in [6.07, 6.45) is 3.78. The van der Waals surface area contributed by atoms with Gasteiger partial charge in [0, 0.05) is 12.7 Å². The summed E-state index contributed by atoms with van der Waals surface area (Å²) in [5.74, 6) is 0.859. The predicted octanol–water partition coefficient (Wildman–Crippen LogP) is -0.610. The van der Waals surface area contributed by atoms with E-state index >= 15 is 0 Å². The van der Waals surface area contributed by atoms with E-state index in [0.717, 1.165) is 19.2 Å². The molecule has 0 bridgehead atoms. The summed E-state index contributed by atoms with van der Waals surface area (Å²) in [5.41, 5.74) is 2.93. The third-order valence-electron chi connectivity index (χ3n) is 1.45. The van der Waals surface area contributed by atoms with Gasteiger partial charge in [0.15, 0.2) is 0 Å². The summed E-state index contributed by atoms with van der Waals surface area (Å²) < 4.78 is 1.59. The molecular weight excluding hydrogens is 148 g/mol. The molecule has 0 aromatic rings. The lowest BCUT2D eigenvalue weighted by atomic mass is 10.5. The molecule has 2 heterocycles. The molecule has 0 aromatic heterocycles. The number of rotatable bonds is 0. The molecule has 0 aromatic carbocycles. The number of aliphatic imine (C=N–C) groups is 1. The zero-order valence-corrected chi connectivity index (χ0v) is 6.14. The normalized spacial score (nSPS) is 22.2. The molecule has 2 aliphatic rings. The quantitative estimate of drug-likeness (QED) is 0.473. The summed E-state index contributed by atoms with van der Waals surface area (Å²) in [4.78, 5) is 6.15. The number of nitrogens with zero attached hydrogens (tertiary/aromatic N) is 3. The van der Waals surface area contributed by atoms with Crippen molar-refractivity contribution in [1.82, 2.24) is 10.3 Å². The average molecular weight is 155 g/mol.